The van der Waals surface area contributed by atoms with Crippen molar-refractivity contribution in [1.29, 1.82) is 0 Å². The molecule has 0 radical (unpaired) electrons. The fourth-order valence-corrected chi connectivity index (χ4v) is 2.39. The number of nitrogens with zero attached hydrogens (tertiary/aromatic N) is 3. The van der Waals surface area contributed by atoms with Crippen LogP contribution in [0.1, 0.15) is 39.0 Å². The van der Waals surface area contributed by atoms with E-state index in [1.807, 2.05) is 25.3 Å². The van der Waals surface area contributed by atoms with Crippen LogP contribution in [0.2, 0.25) is 0 Å². The molecule has 2 rings (SSSR count). The molecule has 21 heavy (non-hydrogen) atoms. The maximum atomic E-state index is 12.2. The highest BCUT2D eigenvalue weighted by molar-refractivity contribution is 5.39. The van der Waals surface area contributed by atoms with Gasteiger partial charge in [-0.15, -0.1) is 0 Å². The molecule has 0 saturated heterocycles. The van der Waals surface area contributed by atoms with E-state index in [4.69, 9.17) is 0 Å². The molecule has 0 saturated carbocycles. The minimum atomic E-state index is -0.0180. The molecule has 0 aliphatic carbocycles. The summed E-state index contributed by atoms with van der Waals surface area (Å²) in [6, 6.07) is 5.91. The van der Waals surface area contributed by atoms with E-state index in [0.29, 0.717) is 18.2 Å². The van der Waals surface area contributed by atoms with Crippen LogP contribution in [0.3, 0.4) is 0 Å². The van der Waals surface area contributed by atoms with Gasteiger partial charge >= 0.3 is 0 Å². The van der Waals surface area contributed by atoms with Crippen LogP contribution in [0.15, 0.2) is 29.2 Å². The second-order valence-electron chi connectivity index (χ2n) is 6.98. The molecule has 0 aliphatic heterocycles. The Bertz CT molecular complexity index is 697. The molecule has 2 aromatic heterocycles. The number of hydrogen-bond acceptors (Lipinski definition) is 3. The van der Waals surface area contributed by atoms with Gasteiger partial charge in [-0.05, 0) is 37.9 Å². The van der Waals surface area contributed by atoms with Gasteiger partial charge in [-0.2, -0.15) is 0 Å². The molecule has 2 aromatic rings. The van der Waals surface area contributed by atoms with Gasteiger partial charge < -0.3 is 0 Å². The molecule has 1 atom stereocenters. The van der Waals surface area contributed by atoms with Gasteiger partial charge in [0.25, 0.3) is 5.56 Å². The van der Waals surface area contributed by atoms with Gasteiger partial charge in [0, 0.05) is 24.8 Å². The van der Waals surface area contributed by atoms with Gasteiger partial charge in [-0.25, -0.2) is 4.98 Å². The Hall–Kier alpha value is -1.68. The lowest BCUT2D eigenvalue weighted by Crippen LogP contribution is -2.39. The molecule has 0 fully saturated rings. The number of hydrogen-bond donors (Lipinski definition) is 0. The van der Waals surface area contributed by atoms with E-state index in [1.54, 1.807) is 10.5 Å². The van der Waals surface area contributed by atoms with E-state index in [1.165, 1.54) is 0 Å². The van der Waals surface area contributed by atoms with E-state index in [0.717, 1.165) is 11.3 Å². The second-order valence-corrected chi connectivity index (χ2v) is 6.98. The largest absolute Gasteiger partial charge is 0.297 e. The molecule has 0 spiro atoms. The number of fused-ring (bicyclic) bond motifs is 1. The molecular formula is C17H25N3O. The predicted molar refractivity (Wildman–Crippen MR) is 86.6 cm³/mol. The maximum absolute atomic E-state index is 12.2. The van der Waals surface area contributed by atoms with Crippen molar-refractivity contribution in [2.45, 2.75) is 47.2 Å². The average Bonchev–Trinajstić information content (AvgIpc) is 2.37. The summed E-state index contributed by atoms with van der Waals surface area (Å²) in [5.74, 6) is 0. The van der Waals surface area contributed by atoms with E-state index >= 15 is 0 Å². The van der Waals surface area contributed by atoms with Crippen molar-refractivity contribution in [3.63, 3.8) is 0 Å². The Morgan fingerprint density at radius 2 is 2.00 bits per heavy atom. The first-order valence-corrected chi connectivity index (χ1v) is 7.37. The third kappa shape index (κ3) is 3.50. The predicted octanol–water partition coefficient (Wildman–Crippen LogP) is 2.87. The van der Waals surface area contributed by atoms with Crippen LogP contribution in [0.5, 0.6) is 0 Å². The highest BCUT2D eigenvalue weighted by atomic mass is 16.1. The van der Waals surface area contributed by atoms with Crippen molar-refractivity contribution in [2.24, 2.45) is 5.41 Å². The summed E-state index contributed by atoms with van der Waals surface area (Å²) < 4.78 is 1.60. The second kappa shape index (κ2) is 5.60. The first kappa shape index (κ1) is 15.7. The van der Waals surface area contributed by atoms with Crippen molar-refractivity contribution in [2.75, 3.05) is 7.05 Å². The molecule has 0 amide bonds. The Morgan fingerprint density at radius 1 is 1.33 bits per heavy atom. The van der Waals surface area contributed by atoms with Crippen LogP contribution >= 0.6 is 0 Å². The summed E-state index contributed by atoms with van der Waals surface area (Å²) in [5.41, 5.74) is 2.76. The SMILES string of the molecule is Cc1ccc2nc(CN(C)[C@@H](C)C(C)(C)C)cc(=O)n2c1. The van der Waals surface area contributed by atoms with E-state index in [2.05, 4.69) is 44.6 Å². The number of aromatic nitrogens is 2. The van der Waals surface area contributed by atoms with Crippen LogP contribution < -0.4 is 5.56 Å². The van der Waals surface area contributed by atoms with E-state index < -0.39 is 0 Å². The average molecular weight is 287 g/mol. The van der Waals surface area contributed by atoms with E-state index in [-0.39, 0.29) is 11.0 Å². The summed E-state index contributed by atoms with van der Waals surface area (Å²) >= 11 is 0. The highest BCUT2D eigenvalue weighted by Gasteiger charge is 2.24. The molecule has 0 unspecified atom stereocenters. The zero-order chi connectivity index (χ0) is 15.8. The Balaban J connectivity index is 2.32. The van der Waals surface area contributed by atoms with Gasteiger partial charge in [0.2, 0.25) is 0 Å². The fourth-order valence-electron chi connectivity index (χ4n) is 2.39. The molecule has 0 aromatic carbocycles. The van der Waals surface area contributed by atoms with Crippen molar-refractivity contribution >= 4 is 5.65 Å². The van der Waals surface area contributed by atoms with Gasteiger partial charge in [-0.3, -0.25) is 14.1 Å². The van der Waals surface area contributed by atoms with Crippen molar-refractivity contribution in [3.05, 3.63) is 46.0 Å². The maximum Gasteiger partial charge on any atom is 0.258 e. The standard InChI is InChI=1S/C17H25N3O/c1-12-7-8-15-18-14(9-16(21)20(15)10-12)11-19(6)13(2)17(3,4)5/h7-10,13H,11H2,1-6H3/t13-/m0/s1. The highest BCUT2D eigenvalue weighted by Crippen LogP contribution is 2.23. The summed E-state index contributed by atoms with van der Waals surface area (Å²) in [5, 5.41) is 0. The fraction of sp³-hybridized carbons (Fsp3) is 0.529. The lowest BCUT2D eigenvalue weighted by atomic mass is 9.87. The Kier molecular flexibility index (Phi) is 4.19. The summed E-state index contributed by atoms with van der Waals surface area (Å²) in [4.78, 5) is 19.0. The summed E-state index contributed by atoms with van der Waals surface area (Å²) in [6.45, 7) is 11.5. The van der Waals surface area contributed by atoms with Gasteiger partial charge in [0.15, 0.2) is 0 Å². The normalized spacial score (nSPS) is 13.9. The first-order chi connectivity index (χ1) is 9.68. The lowest BCUT2D eigenvalue weighted by Gasteiger charge is -2.35. The zero-order valence-corrected chi connectivity index (χ0v) is 13.8. The molecule has 4 heteroatoms. The van der Waals surface area contributed by atoms with Crippen LogP contribution in [0, 0.1) is 12.3 Å². The van der Waals surface area contributed by atoms with Crippen LogP contribution in [0.4, 0.5) is 0 Å². The third-order valence-electron chi connectivity index (χ3n) is 4.19. The van der Waals surface area contributed by atoms with Gasteiger partial charge in [0.1, 0.15) is 5.65 Å². The molecule has 2 heterocycles. The first-order valence-electron chi connectivity index (χ1n) is 7.37. The van der Waals surface area contributed by atoms with Crippen LogP contribution in [0.25, 0.3) is 5.65 Å². The zero-order valence-electron chi connectivity index (χ0n) is 13.8. The van der Waals surface area contributed by atoms with Crippen molar-refractivity contribution in [1.82, 2.24) is 14.3 Å². The molecule has 0 aliphatic rings. The van der Waals surface area contributed by atoms with Crippen LogP contribution in [-0.4, -0.2) is 27.4 Å². The lowest BCUT2D eigenvalue weighted by molar-refractivity contribution is 0.133. The minimum absolute atomic E-state index is 0.0180. The number of aryl methyl sites for hydroxylation is 1. The van der Waals surface area contributed by atoms with Crippen LogP contribution in [-0.2, 0) is 6.54 Å². The smallest absolute Gasteiger partial charge is 0.258 e. The van der Waals surface area contributed by atoms with Crippen molar-refractivity contribution in [3.8, 4) is 0 Å². The van der Waals surface area contributed by atoms with Gasteiger partial charge in [-0.1, -0.05) is 26.8 Å². The Labute approximate surface area is 126 Å². The topological polar surface area (TPSA) is 37.6 Å². The summed E-state index contributed by atoms with van der Waals surface area (Å²) in [7, 11) is 2.08. The van der Waals surface area contributed by atoms with Gasteiger partial charge in [0.05, 0.1) is 5.69 Å². The monoisotopic (exact) mass is 287 g/mol. The molecular weight excluding hydrogens is 262 g/mol. The minimum Gasteiger partial charge on any atom is -0.297 e. The molecule has 0 bridgehead atoms. The molecule has 4 nitrogen and oxygen atoms in total. The quantitative estimate of drug-likeness (QED) is 0.871. The molecule has 114 valence electrons. The summed E-state index contributed by atoms with van der Waals surface area (Å²) in [6.07, 6.45) is 1.83. The molecule has 0 N–H and O–H groups in total. The van der Waals surface area contributed by atoms with E-state index in [9.17, 15) is 4.79 Å². The van der Waals surface area contributed by atoms with Crippen molar-refractivity contribution < 1.29 is 0 Å². The number of rotatable bonds is 3. The Morgan fingerprint density at radius 3 is 2.62 bits per heavy atom. The number of pyridine rings is 1. The third-order valence-corrected chi connectivity index (χ3v) is 4.19.